The first-order valence-corrected chi connectivity index (χ1v) is 11.3. The minimum atomic E-state index is 0.722. The van der Waals surface area contributed by atoms with Crippen molar-refractivity contribution in [3.63, 3.8) is 0 Å². The molecule has 29 heavy (non-hydrogen) atoms. The Kier molecular flexibility index (Phi) is 4.12. The maximum Gasteiger partial charge on any atom is 0.111 e. The molecule has 1 saturated carbocycles. The first-order chi connectivity index (χ1) is 14.3. The van der Waals surface area contributed by atoms with E-state index in [9.17, 15) is 0 Å². The lowest BCUT2D eigenvalue weighted by Gasteiger charge is -2.38. The van der Waals surface area contributed by atoms with Crippen molar-refractivity contribution >= 4 is 17.1 Å². The highest BCUT2D eigenvalue weighted by Crippen LogP contribution is 2.33. The summed E-state index contributed by atoms with van der Waals surface area (Å²) in [4.78, 5) is 7.77. The Balaban J connectivity index is 1.28. The molecule has 3 heteroatoms. The van der Waals surface area contributed by atoms with Crippen LogP contribution in [0.4, 0.5) is 0 Å². The fourth-order valence-corrected chi connectivity index (χ4v) is 5.44. The normalized spacial score (nSPS) is 20.3. The van der Waals surface area contributed by atoms with E-state index >= 15 is 0 Å². The van der Waals surface area contributed by atoms with Crippen molar-refractivity contribution in [2.75, 3.05) is 13.1 Å². The van der Waals surface area contributed by atoms with Gasteiger partial charge >= 0.3 is 0 Å². The predicted octanol–water partition coefficient (Wildman–Crippen LogP) is 5.32. The molecule has 1 unspecified atom stereocenters. The number of aromatic nitrogens is 2. The molecule has 1 aromatic heterocycles. The monoisotopic (exact) mass is 383 g/mol. The van der Waals surface area contributed by atoms with E-state index in [0.717, 1.165) is 50.0 Å². The van der Waals surface area contributed by atoms with E-state index in [1.54, 1.807) is 0 Å². The quantitative estimate of drug-likeness (QED) is 0.610. The lowest BCUT2D eigenvalue weighted by molar-refractivity contribution is 0.110. The summed E-state index contributed by atoms with van der Waals surface area (Å²) in [5, 5.41) is 0. The van der Waals surface area contributed by atoms with Crippen LogP contribution in [0, 0.1) is 5.92 Å². The molecule has 6 rings (SSSR count). The number of hydrogen-bond donors (Lipinski definition) is 0. The first-order valence-electron chi connectivity index (χ1n) is 11.3. The van der Waals surface area contributed by atoms with Crippen molar-refractivity contribution in [1.82, 2.24) is 14.5 Å². The zero-order chi connectivity index (χ0) is 19.4. The summed E-state index contributed by atoms with van der Waals surface area (Å²) in [5.74, 6) is 2.18. The van der Waals surface area contributed by atoms with E-state index in [-0.39, 0.29) is 0 Å². The second-order valence-electron chi connectivity index (χ2n) is 9.12. The molecular formula is C26H29N3. The molecule has 2 heterocycles. The van der Waals surface area contributed by atoms with Crippen LogP contribution in [0.1, 0.15) is 43.1 Å². The standard InChI is InChI=1S/C26H29N3/c1-18(19-4-2-5-19)28-13-12-26-27-24-17-23(10-11-25(24)29(26)15-14-28)22-9-8-20-6-3-7-21(20)16-22/h3,7-11,16-19H,2,4-6,12-15H2,1H3. The zero-order valence-corrected chi connectivity index (χ0v) is 17.3. The van der Waals surface area contributed by atoms with Gasteiger partial charge in [0, 0.05) is 32.1 Å². The molecule has 0 radical (unpaired) electrons. The van der Waals surface area contributed by atoms with Crippen molar-refractivity contribution in [2.24, 2.45) is 5.92 Å². The van der Waals surface area contributed by atoms with E-state index < -0.39 is 0 Å². The van der Waals surface area contributed by atoms with Crippen LogP contribution in [0.5, 0.6) is 0 Å². The van der Waals surface area contributed by atoms with E-state index in [4.69, 9.17) is 4.98 Å². The Hall–Kier alpha value is -2.39. The number of nitrogens with zero attached hydrogens (tertiary/aromatic N) is 3. The van der Waals surface area contributed by atoms with Crippen LogP contribution in [0.15, 0.2) is 42.5 Å². The summed E-state index contributed by atoms with van der Waals surface area (Å²) in [5.41, 5.74) is 7.81. The Labute approximate surface area is 173 Å². The molecule has 0 N–H and O–H groups in total. The second kappa shape index (κ2) is 6.84. The second-order valence-corrected chi connectivity index (χ2v) is 9.12. The molecule has 1 aliphatic heterocycles. The molecule has 0 bridgehead atoms. The number of imidazole rings is 1. The lowest BCUT2D eigenvalue weighted by atomic mass is 9.80. The summed E-state index contributed by atoms with van der Waals surface area (Å²) in [6, 6.07) is 14.4. The topological polar surface area (TPSA) is 21.1 Å². The zero-order valence-electron chi connectivity index (χ0n) is 17.3. The molecule has 1 fully saturated rings. The summed E-state index contributed by atoms with van der Waals surface area (Å²) in [6.07, 6.45) is 10.9. The summed E-state index contributed by atoms with van der Waals surface area (Å²) >= 11 is 0. The average Bonchev–Trinajstić information content (AvgIpc) is 3.24. The first kappa shape index (κ1) is 17.5. The molecule has 3 aromatic rings. The van der Waals surface area contributed by atoms with Gasteiger partial charge in [0.05, 0.1) is 11.0 Å². The van der Waals surface area contributed by atoms with Crippen LogP contribution >= 0.6 is 0 Å². The Morgan fingerprint density at radius 1 is 1.00 bits per heavy atom. The fourth-order valence-electron chi connectivity index (χ4n) is 5.44. The van der Waals surface area contributed by atoms with Crippen LogP contribution in [-0.4, -0.2) is 33.6 Å². The molecule has 148 valence electrons. The van der Waals surface area contributed by atoms with Crippen molar-refractivity contribution in [3.05, 3.63) is 59.4 Å². The lowest BCUT2D eigenvalue weighted by Crippen LogP contribution is -2.42. The smallest absolute Gasteiger partial charge is 0.111 e. The minimum Gasteiger partial charge on any atom is -0.327 e. The van der Waals surface area contributed by atoms with E-state index in [1.165, 1.54) is 52.9 Å². The highest BCUT2D eigenvalue weighted by Gasteiger charge is 2.29. The summed E-state index contributed by atoms with van der Waals surface area (Å²) in [7, 11) is 0. The van der Waals surface area contributed by atoms with E-state index in [2.05, 4.69) is 64.9 Å². The molecule has 0 spiro atoms. The van der Waals surface area contributed by atoms with Crippen molar-refractivity contribution in [3.8, 4) is 11.1 Å². The van der Waals surface area contributed by atoms with Gasteiger partial charge < -0.3 is 4.57 Å². The van der Waals surface area contributed by atoms with Gasteiger partial charge in [-0.3, -0.25) is 4.90 Å². The van der Waals surface area contributed by atoms with Gasteiger partial charge in [-0.25, -0.2) is 4.98 Å². The van der Waals surface area contributed by atoms with Gasteiger partial charge in [-0.15, -0.1) is 0 Å². The minimum absolute atomic E-state index is 0.722. The van der Waals surface area contributed by atoms with Gasteiger partial charge in [-0.05, 0) is 72.6 Å². The van der Waals surface area contributed by atoms with Crippen LogP contribution in [0.25, 0.3) is 28.2 Å². The van der Waals surface area contributed by atoms with Crippen LogP contribution < -0.4 is 0 Å². The molecule has 3 aliphatic rings. The van der Waals surface area contributed by atoms with Crippen molar-refractivity contribution in [2.45, 2.75) is 51.6 Å². The van der Waals surface area contributed by atoms with Gasteiger partial charge in [0.25, 0.3) is 0 Å². The van der Waals surface area contributed by atoms with Crippen molar-refractivity contribution < 1.29 is 0 Å². The largest absolute Gasteiger partial charge is 0.327 e. The summed E-state index contributed by atoms with van der Waals surface area (Å²) in [6.45, 7) is 5.79. The Morgan fingerprint density at radius 2 is 1.86 bits per heavy atom. The predicted molar refractivity (Wildman–Crippen MR) is 120 cm³/mol. The van der Waals surface area contributed by atoms with Crippen molar-refractivity contribution in [1.29, 1.82) is 0 Å². The summed E-state index contributed by atoms with van der Waals surface area (Å²) < 4.78 is 2.47. The number of allylic oxidation sites excluding steroid dienone is 1. The number of hydrogen-bond acceptors (Lipinski definition) is 2. The van der Waals surface area contributed by atoms with Crippen LogP contribution in [-0.2, 0) is 19.4 Å². The highest BCUT2D eigenvalue weighted by atomic mass is 15.2. The maximum atomic E-state index is 5.07. The third-order valence-electron chi connectivity index (χ3n) is 7.58. The Bertz CT molecular complexity index is 1100. The molecule has 0 saturated heterocycles. The third-order valence-corrected chi connectivity index (χ3v) is 7.58. The molecule has 3 nitrogen and oxygen atoms in total. The Morgan fingerprint density at radius 3 is 2.72 bits per heavy atom. The molecule has 2 aromatic carbocycles. The van der Waals surface area contributed by atoms with Crippen LogP contribution in [0.3, 0.4) is 0 Å². The van der Waals surface area contributed by atoms with Gasteiger partial charge in [0.2, 0.25) is 0 Å². The van der Waals surface area contributed by atoms with Gasteiger partial charge in [0.1, 0.15) is 5.82 Å². The molecular weight excluding hydrogens is 354 g/mol. The SMILES string of the molecule is CC(C1CCC1)N1CCc2nc3cc(-c4ccc5c(c4)C=CC5)ccc3n2CC1. The number of fused-ring (bicyclic) bond motifs is 4. The molecule has 1 atom stereocenters. The number of rotatable bonds is 3. The molecule has 0 amide bonds. The van der Waals surface area contributed by atoms with Crippen LogP contribution in [0.2, 0.25) is 0 Å². The van der Waals surface area contributed by atoms with E-state index in [0.29, 0.717) is 0 Å². The maximum absolute atomic E-state index is 5.07. The van der Waals surface area contributed by atoms with Gasteiger partial charge in [0.15, 0.2) is 0 Å². The molecule has 2 aliphatic carbocycles. The fraction of sp³-hybridized carbons (Fsp3) is 0.423. The van der Waals surface area contributed by atoms with E-state index in [1.807, 2.05) is 0 Å². The highest BCUT2D eigenvalue weighted by molar-refractivity contribution is 5.83. The average molecular weight is 384 g/mol. The number of benzene rings is 2. The van der Waals surface area contributed by atoms with Gasteiger partial charge in [-0.2, -0.15) is 0 Å². The third kappa shape index (κ3) is 2.95. The van der Waals surface area contributed by atoms with Gasteiger partial charge in [-0.1, -0.05) is 36.8 Å².